The van der Waals surface area contributed by atoms with Gasteiger partial charge in [0.2, 0.25) is 0 Å². The van der Waals surface area contributed by atoms with Crippen molar-refractivity contribution in [3.63, 3.8) is 0 Å². The molecular formula is C15H14ClNO2. The molecule has 98 valence electrons. The topological polar surface area (TPSA) is 38.3 Å². The summed E-state index contributed by atoms with van der Waals surface area (Å²) in [5.41, 5.74) is 1.70. The molecule has 3 nitrogen and oxygen atoms in total. The Kier molecular flexibility index (Phi) is 4.42. The van der Waals surface area contributed by atoms with Gasteiger partial charge in [0, 0.05) is 10.7 Å². The van der Waals surface area contributed by atoms with Crippen molar-refractivity contribution in [1.29, 1.82) is 0 Å². The number of benzene rings is 2. The Morgan fingerprint density at radius 3 is 2.53 bits per heavy atom. The number of carbonyl (C=O) groups is 1. The fourth-order valence-corrected chi connectivity index (χ4v) is 1.72. The van der Waals surface area contributed by atoms with Crippen molar-refractivity contribution in [2.45, 2.75) is 6.92 Å². The van der Waals surface area contributed by atoms with E-state index in [1.807, 2.05) is 31.2 Å². The molecule has 0 spiro atoms. The van der Waals surface area contributed by atoms with Gasteiger partial charge in [0.15, 0.2) is 6.61 Å². The summed E-state index contributed by atoms with van der Waals surface area (Å²) in [6.07, 6.45) is 0. The predicted octanol–water partition coefficient (Wildman–Crippen LogP) is 3.67. The van der Waals surface area contributed by atoms with Crippen molar-refractivity contribution < 1.29 is 9.53 Å². The van der Waals surface area contributed by atoms with Gasteiger partial charge in [-0.25, -0.2) is 0 Å². The lowest BCUT2D eigenvalue weighted by Gasteiger charge is -2.09. The second-order valence-electron chi connectivity index (χ2n) is 4.11. The standard InChI is InChI=1S/C15H14ClNO2/c1-11-4-2-3-5-14(11)19-10-15(18)17-13-8-6-12(16)7-9-13/h2-9H,10H2,1H3,(H,17,18). The number of halogens is 1. The van der Waals surface area contributed by atoms with Gasteiger partial charge in [-0.1, -0.05) is 29.8 Å². The summed E-state index contributed by atoms with van der Waals surface area (Å²) >= 11 is 5.77. The van der Waals surface area contributed by atoms with E-state index in [0.717, 1.165) is 5.56 Å². The van der Waals surface area contributed by atoms with E-state index in [9.17, 15) is 4.79 Å². The second kappa shape index (κ2) is 6.25. The highest BCUT2D eigenvalue weighted by molar-refractivity contribution is 6.30. The molecule has 1 amide bonds. The monoisotopic (exact) mass is 275 g/mol. The molecule has 4 heteroatoms. The van der Waals surface area contributed by atoms with Crippen LogP contribution in [0.5, 0.6) is 5.75 Å². The van der Waals surface area contributed by atoms with Gasteiger partial charge in [-0.2, -0.15) is 0 Å². The van der Waals surface area contributed by atoms with Crippen molar-refractivity contribution in [3.05, 3.63) is 59.1 Å². The molecule has 19 heavy (non-hydrogen) atoms. The molecular weight excluding hydrogens is 262 g/mol. The molecule has 0 aliphatic rings. The molecule has 0 unspecified atom stereocenters. The number of rotatable bonds is 4. The van der Waals surface area contributed by atoms with Crippen molar-refractivity contribution in [2.75, 3.05) is 11.9 Å². The normalized spacial score (nSPS) is 10.0. The lowest BCUT2D eigenvalue weighted by Crippen LogP contribution is -2.20. The molecule has 0 radical (unpaired) electrons. The zero-order valence-electron chi connectivity index (χ0n) is 10.5. The van der Waals surface area contributed by atoms with Crippen LogP contribution in [0.1, 0.15) is 5.56 Å². The van der Waals surface area contributed by atoms with E-state index in [1.165, 1.54) is 0 Å². The number of anilines is 1. The van der Waals surface area contributed by atoms with Crippen LogP contribution in [-0.4, -0.2) is 12.5 Å². The maximum atomic E-state index is 11.7. The molecule has 0 aromatic heterocycles. The van der Waals surface area contributed by atoms with Gasteiger partial charge < -0.3 is 10.1 Å². The third kappa shape index (κ3) is 4.00. The van der Waals surface area contributed by atoms with Crippen LogP contribution in [0.4, 0.5) is 5.69 Å². The Hall–Kier alpha value is -2.00. The number of hydrogen-bond donors (Lipinski definition) is 1. The van der Waals surface area contributed by atoms with Gasteiger partial charge in [0.05, 0.1) is 0 Å². The maximum absolute atomic E-state index is 11.7. The van der Waals surface area contributed by atoms with Crippen LogP contribution in [0, 0.1) is 6.92 Å². The minimum absolute atomic E-state index is 0.0204. The van der Waals surface area contributed by atoms with Crippen molar-refractivity contribution in [1.82, 2.24) is 0 Å². The molecule has 0 saturated heterocycles. The van der Waals surface area contributed by atoms with Crippen LogP contribution in [0.2, 0.25) is 5.02 Å². The summed E-state index contributed by atoms with van der Waals surface area (Å²) < 4.78 is 5.46. The second-order valence-corrected chi connectivity index (χ2v) is 4.55. The Morgan fingerprint density at radius 2 is 1.84 bits per heavy atom. The van der Waals surface area contributed by atoms with E-state index >= 15 is 0 Å². The molecule has 0 atom stereocenters. The first-order chi connectivity index (χ1) is 9.15. The number of amides is 1. The molecule has 0 saturated carbocycles. The number of para-hydroxylation sites is 1. The summed E-state index contributed by atoms with van der Waals surface area (Å²) in [7, 11) is 0. The Morgan fingerprint density at radius 1 is 1.16 bits per heavy atom. The van der Waals surface area contributed by atoms with E-state index < -0.39 is 0 Å². The van der Waals surface area contributed by atoms with Crippen LogP contribution in [-0.2, 0) is 4.79 Å². The Balaban J connectivity index is 1.88. The Labute approximate surface area is 117 Å². The average molecular weight is 276 g/mol. The number of nitrogens with one attached hydrogen (secondary N) is 1. The van der Waals surface area contributed by atoms with Crippen molar-refractivity contribution >= 4 is 23.2 Å². The Bertz CT molecular complexity index is 567. The van der Waals surface area contributed by atoms with Gasteiger partial charge >= 0.3 is 0 Å². The molecule has 2 aromatic rings. The highest BCUT2D eigenvalue weighted by Gasteiger charge is 2.05. The van der Waals surface area contributed by atoms with Crippen molar-refractivity contribution in [2.24, 2.45) is 0 Å². The minimum Gasteiger partial charge on any atom is -0.483 e. The SMILES string of the molecule is Cc1ccccc1OCC(=O)Nc1ccc(Cl)cc1. The summed E-state index contributed by atoms with van der Waals surface area (Å²) in [6, 6.07) is 14.5. The van der Waals surface area contributed by atoms with Gasteiger partial charge in [-0.3, -0.25) is 4.79 Å². The highest BCUT2D eigenvalue weighted by Crippen LogP contribution is 2.16. The lowest BCUT2D eigenvalue weighted by molar-refractivity contribution is -0.118. The summed E-state index contributed by atoms with van der Waals surface area (Å²) in [5.74, 6) is 0.513. The maximum Gasteiger partial charge on any atom is 0.262 e. The van der Waals surface area contributed by atoms with Gasteiger partial charge in [-0.05, 0) is 42.8 Å². The molecule has 0 fully saturated rings. The molecule has 2 rings (SSSR count). The van der Waals surface area contributed by atoms with Crippen LogP contribution >= 0.6 is 11.6 Å². The minimum atomic E-state index is -0.203. The third-order valence-electron chi connectivity index (χ3n) is 2.58. The fraction of sp³-hybridized carbons (Fsp3) is 0.133. The fourth-order valence-electron chi connectivity index (χ4n) is 1.59. The summed E-state index contributed by atoms with van der Waals surface area (Å²) in [5, 5.41) is 3.37. The van der Waals surface area contributed by atoms with Crippen LogP contribution in [0.15, 0.2) is 48.5 Å². The zero-order chi connectivity index (χ0) is 13.7. The first kappa shape index (κ1) is 13.4. The van der Waals surface area contributed by atoms with Gasteiger partial charge in [0.1, 0.15) is 5.75 Å². The zero-order valence-corrected chi connectivity index (χ0v) is 11.3. The third-order valence-corrected chi connectivity index (χ3v) is 2.83. The number of hydrogen-bond acceptors (Lipinski definition) is 2. The lowest BCUT2D eigenvalue weighted by atomic mass is 10.2. The molecule has 2 aromatic carbocycles. The molecule has 1 N–H and O–H groups in total. The largest absolute Gasteiger partial charge is 0.483 e. The molecule has 0 aliphatic carbocycles. The van der Waals surface area contributed by atoms with Crippen LogP contribution < -0.4 is 10.1 Å². The number of carbonyl (C=O) groups excluding carboxylic acids is 1. The van der Waals surface area contributed by atoms with Crippen LogP contribution in [0.25, 0.3) is 0 Å². The van der Waals surface area contributed by atoms with E-state index in [2.05, 4.69) is 5.32 Å². The van der Waals surface area contributed by atoms with E-state index in [-0.39, 0.29) is 12.5 Å². The molecule has 0 heterocycles. The van der Waals surface area contributed by atoms with Gasteiger partial charge in [0.25, 0.3) is 5.91 Å². The molecule has 0 bridgehead atoms. The molecule has 0 aliphatic heterocycles. The van der Waals surface area contributed by atoms with Crippen LogP contribution in [0.3, 0.4) is 0 Å². The number of ether oxygens (including phenoxy) is 1. The predicted molar refractivity (Wildman–Crippen MR) is 76.8 cm³/mol. The first-order valence-corrected chi connectivity index (χ1v) is 6.27. The van der Waals surface area contributed by atoms with E-state index in [1.54, 1.807) is 24.3 Å². The first-order valence-electron chi connectivity index (χ1n) is 5.89. The van der Waals surface area contributed by atoms with Crippen molar-refractivity contribution in [3.8, 4) is 5.75 Å². The number of aryl methyl sites for hydroxylation is 1. The summed E-state index contributed by atoms with van der Waals surface area (Å²) in [6.45, 7) is 1.92. The average Bonchev–Trinajstić information content (AvgIpc) is 2.40. The summed E-state index contributed by atoms with van der Waals surface area (Å²) in [4.78, 5) is 11.7. The van der Waals surface area contributed by atoms with E-state index in [0.29, 0.717) is 16.5 Å². The quantitative estimate of drug-likeness (QED) is 0.925. The highest BCUT2D eigenvalue weighted by atomic mass is 35.5. The smallest absolute Gasteiger partial charge is 0.262 e. The van der Waals surface area contributed by atoms with E-state index in [4.69, 9.17) is 16.3 Å². The van der Waals surface area contributed by atoms with Gasteiger partial charge in [-0.15, -0.1) is 0 Å².